The van der Waals surface area contributed by atoms with Gasteiger partial charge in [0.05, 0.1) is 23.3 Å². The van der Waals surface area contributed by atoms with E-state index in [0.717, 1.165) is 35.9 Å². The number of hydrogen-bond donors (Lipinski definition) is 2. The van der Waals surface area contributed by atoms with Gasteiger partial charge >= 0.3 is 0 Å². The molecule has 2 fully saturated rings. The van der Waals surface area contributed by atoms with Crippen LogP contribution in [0.4, 0.5) is 20.4 Å². The van der Waals surface area contributed by atoms with Gasteiger partial charge in [-0.3, -0.25) is 0 Å². The van der Waals surface area contributed by atoms with Crippen LogP contribution in [0.2, 0.25) is 0 Å². The van der Waals surface area contributed by atoms with Crippen LogP contribution in [0.3, 0.4) is 0 Å². The molecule has 0 atom stereocenters. The summed E-state index contributed by atoms with van der Waals surface area (Å²) in [5.41, 5.74) is 0.160. The molecule has 5 heterocycles. The van der Waals surface area contributed by atoms with Crippen LogP contribution in [0.1, 0.15) is 37.9 Å². The first-order chi connectivity index (χ1) is 18.6. The summed E-state index contributed by atoms with van der Waals surface area (Å²) in [6.45, 7) is 5.63. The number of benzene rings is 1. The van der Waals surface area contributed by atoms with Gasteiger partial charge in [0.25, 0.3) is 0 Å². The Hall–Kier alpha value is -3.02. The SMILES string of the molecule is CC(C)(O)C1CN(c2nccc(Sc3cnc(N4CCC5(CC4)Cc4cc(F)ccc4O5)c(CO)n3)c2F)C1. The second kappa shape index (κ2) is 9.87. The summed E-state index contributed by atoms with van der Waals surface area (Å²) in [7, 11) is 0. The van der Waals surface area contributed by atoms with Crippen molar-refractivity contribution in [1.29, 1.82) is 0 Å². The monoisotopic (exact) mass is 555 g/mol. The zero-order valence-corrected chi connectivity index (χ0v) is 22.7. The number of hydrogen-bond acceptors (Lipinski definition) is 9. The molecule has 39 heavy (non-hydrogen) atoms. The highest BCUT2D eigenvalue weighted by molar-refractivity contribution is 7.99. The lowest BCUT2D eigenvalue weighted by molar-refractivity contribution is 0.00415. The molecule has 2 aromatic heterocycles. The Bertz CT molecular complexity index is 1390. The van der Waals surface area contributed by atoms with Crippen molar-refractivity contribution in [1.82, 2.24) is 15.0 Å². The number of rotatable bonds is 6. The maximum atomic E-state index is 15.3. The largest absolute Gasteiger partial charge is 0.487 e. The second-order valence-electron chi connectivity index (χ2n) is 11.1. The molecule has 3 aromatic rings. The zero-order valence-electron chi connectivity index (χ0n) is 21.9. The highest BCUT2D eigenvalue weighted by Crippen LogP contribution is 2.42. The van der Waals surface area contributed by atoms with Crippen molar-refractivity contribution in [2.45, 2.75) is 60.8 Å². The van der Waals surface area contributed by atoms with E-state index < -0.39 is 11.4 Å². The number of pyridine rings is 1. The Balaban J connectivity index is 1.13. The van der Waals surface area contributed by atoms with Gasteiger partial charge in [0.1, 0.15) is 27.9 Å². The van der Waals surface area contributed by atoms with Gasteiger partial charge in [0.2, 0.25) is 0 Å². The molecule has 3 aliphatic heterocycles. The molecule has 11 heteroatoms. The van der Waals surface area contributed by atoms with Gasteiger partial charge in [0.15, 0.2) is 17.5 Å². The first-order valence-corrected chi connectivity index (χ1v) is 13.9. The van der Waals surface area contributed by atoms with Crippen LogP contribution in [0.25, 0.3) is 0 Å². The highest BCUT2D eigenvalue weighted by Gasteiger charge is 2.43. The molecule has 0 unspecified atom stereocenters. The third-order valence-electron chi connectivity index (χ3n) is 8.02. The summed E-state index contributed by atoms with van der Waals surface area (Å²) in [5, 5.41) is 20.7. The molecule has 1 aromatic carbocycles. The molecule has 0 bridgehead atoms. The van der Waals surface area contributed by atoms with Crippen molar-refractivity contribution in [2.24, 2.45) is 5.92 Å². The first kappa shape index (κ1) is 26.2. The Kier molecular flexibility index (Phi) is 6.63. The Morgan fingerprint density at radius 2 is 1.87 bits per heavy atom. The molecular formula is C28H31F2N5O3S. The van der Waals surface area contributed by atoms with Crippen LogP contribution in [-0.2, 0) is 13.0 Å². The number of piperidine rings is 1. The molecule has 206 valence electrons. The van der Waals surface area contributed by atoms with Gasteiger partial charge in [-0.05, 0) is 38.1 Å². The zero-order chi connectivity index (χ0) is 27.4. The standard InChI is InChI=1S/C28H31F2N5O3S/c1-27(2,37)18-14-35(15-18)26-24(30)22(5-8-31-26)39-23-13-32-25(20(16-36)33-23)34-9-6-28(7-10-34)12-17-11-19(29)3-4-21(17)38-28/h3-5,8,11,13,18,36-37H,6-7,9-10,12,14-16H2,1-2H3. The molecule has 8 nitrogen and oxygen atoms in total. The molecular weight excluding hydrogens is 524 g/mol. The number of halogens is 2. The van der Waals surface area contributed by atoms with Crippen molar-refractivity contribution < 1.29 is 23.7 Å². The van der Waals surface area contributed by atoms with Crippen molar-refractivity contribution >= 4 is 23.4 Å². The van der Waals surface area contributed by atoms with E-state index in [0.29, 0.717) is 54.0 Å². The Morgan fingerprint density at radius 3 is 2.59 bits per heavy atom. The fraction of sp³-hybridized carbons (Fsp3) is 0.464. The number of fused-ring (bicyclic) bond motifs is 1. The molecule has 0 saturated carbocycles. The average molecular weight is 556 g/mol. The summed E-state index contributed by atoms with van der Waals surface area (Å²) in [5.74, 6) is 0.979. The number of aromatic nitrogens is 3. The number of aliphatic hydroxyl groups is 2. The van der Waals surface area contributed by atoms with Crippen molar-refractivity contribution in [2.75, 3.05) is 36.0 Å². The number of anilines is 2. The Labute approximate surface area is 230 Å². The smallest absolute Gasteiger partial charge is 0.179 e. The van der Waals surface area contributed by atoms with Gasteiger partial charge < -0.3 is 24.7 Å². The van der Waals surface area contributed by atoms with Crippen molar-refractivity contribution in [3.05, 3.63) is 59.6 Å². The predicted molar refractivity (Wildman–Crippen MR) is 143 cm³/mol. The Morgan fingerprint density at radius 1 is 1.10 bits per heavy atom. The second-order valence-corrected chi connectivity index (χ2v) is 12.2. The van der Waals surface area contributed by atoms with Gasteiger partial charge in [-0.2, -0.15) is 0 Å². The van der Waals surface area contributed by atoms with E-state index >= 15 is 4.39 Å². The van der Waals surface area contributed by atoms with Crippen LogP contribution in [0.5, 0.6) is 5.75 Å². The third kappa shape index (κ3) is 5.03. The van der Waals surface area contributed by atoms with Crippen LogP contribution < -0.4 is 14.5 Å². The van der Waals surface area contributed by atoms with Crippen LogP contribution >= 0.6 is 11.8 Å². The summed E-state index contributed by atoms with van der Waals surface area (Å²) in [4.78, 5) is 17.7. The van der Waals surface area contributed by atoms with Crippen LogP contribution in [0, 0.1) is 17.6 Å². The molecule has 3 aliphatic rings. The minimum Gasteiger partial charge on any atom is -0.487 e. The third-order valence-corrected chi connectivity index (χ3v) is 8.96. The van der Waals surface area contributed by atoms with Gasteiger partial charge in [-0.25, -0.2) is 23.7 Å². The van der Waals surface area contributed by atoms with Crippen LogP contribution in [-0.4, -0.2) is 62.5 Å². The van der Waals surface area contributed by atoms with E-state index in [9.17, 15) is 14.6 Å². The highest BCUT2D eigenvalue weighted by atomic mass is 32.2. The van der Waals surface area contributed by atoms with Gasteiger partial charge in [0, 0.05) is 63.1 Å². The summed E-state index contributed by atoms with van der Waals surface area (Å²) in [6.07, 6.45) is 5.32. The predicted octanol–water partition coefficient (Wildman–Crippen LogP) is 3.97. The summed E-state index contributed by atoms with van der Waals surface area (Å²) >= 11 is 1.14. The van der Waals surface area contributed by atoms with Crippen molar-refractivity contribution in [3.8, 4) is 5.75 Å². The van der Waals surface area contributed by atoms with E-state index in [-0.39, 0.29) is 29.8 Å². The lowest BCUT2D eigenvalue weighted by Gasteiger charge is -2.45. The molecule has 0 amide bonds. The summed E-state index contributed by atoms with van der Waals surface area (Å²) in [6, 6.07) is 6.27. The topological polar surface area (TPSA) is 94.8 Å². The fourth-order valence-corrected chi connectivity index (χ4v) is 6.35. The average Bonchev–Trinajstić information content (AvgIpc) is 3.21. The fourth-order valence-electron chi connectivity index (χ4n) is 5.56. The molecule has 0 radical (unpaired) electrons. The summed E-state index contributed by atoms with van der Waals surface area (Å²) < 4.78 is 35.3. The molecule has 0 aliphatic carbocycles. The van der Waals surface area contributed by atoms with E-state index in [4.69, 9.17) is 4.74 Å². The first-order valence-electron chi connectivity index (χ1n) is 13.1. The lowest BCUT2D eigenvalue weighted by atomic mass is 9.84. The normalized spacial score (nSPS) is 18.7. The van der Waals surface area contributed by atoms with E-state index in [1.54, 1.807) is 44.4 Å². The lowest BCUT2D eigenvalue weighted by Crippen LogP contribution is -2.56. The maximum Gasteiger partial charge on any atom is 0.179 e. The molecule has 1 spiro atoms. The molecule has 2 N–H and O–H groups in total. The minimum absolute atomic E-state index is 0.0590. The molecule has 2 saturated heterocycles. The van der Waals surface area contributed by atoms with E-state index in [1.165, 1.54) is 6.07 Å². The number of ether oxygens (including phenoxy) is 1. The van der Waals surface area contributed by atoms with E-state index in [2.05, 4.69) is 19.9 Å². The molecule has 6 rings (SSSR count). The maximum absolute atomic E-state index is 15.3. The number of nitrogens with zero attached hydrogens (tertiary/aromatic N) is 5. The number of aliphatic hydroxyl groups excluding tert-OH is 1. The van der Waals surface area contributed by atoms with Crippen LogP contribution in [0.15, 0.2) is 46.6 Å². The van der Waals surface area contributed by atoms with Crippen molar-refractivity contribution in [3.63, 3.8) is 0 Å². The van der Waals surface area contributed by atoms with Gasteiger partial charge in [-0.1, -0.05) is 11.8 Å². The minimum atomic E-state index is -0.819. The van der Waals surface area contributed by atoms with E-state index in [1.807, 2.05) is 4.90 Å². The van der Waals surface area contributed by atoms with Gasteiger partial charge in [-0.15, -0.1) is 0 Å². The quantitative estimate of drug-likeness (QED) is 0.469.